The molecular weight excluding hydrogens is 474 g/mol. The van der Waals surface area contributed by atoms with E-state index in [1.807, 2.05) is 0 Å². The topological polar surface area (TPSA) is 113 Å². The number of halogens is 1. The second kappa shape index (κ2) is 8.84. The third-order valence-electron chi connectivity index (χ3n) is 5.28. The van der Waals surface area contributed by atoms with Crippen molar-refractivity contribution in [3.05, 3.63) is 71.2 Å². The summed E-state index contributed by atoms with van der Waals surface area (Å²) in [5.74, 6) is -1.42. The molecule has 3 aromatic rings. The molecule has 1 aromatic heterocycles. The van der Waals surface area contributed by atoms with E-state index in [2.05, 4.69) is 4.72 Å². The van der Waals surface area contributed by atoms with Crippen molar-refractivity contribution in [2.75, 3.05) is 13.2 Å². The largest absolute Gasteiger partial charge is 0.491 e. The van der Waals surface area contributed by atoms with Crippen LogP contribution in [0.4, 0.5) is 0 Å². The van der Waals surface area contributed by atoms with Gasteiger partial charge in [-0.05, 0) is 47.9 Å². The van der Waals surface area contributed by atoms with Crippen molar-refractivity contribution >= 4 is 38.9 Å². The summed E-state index contributed by atoms with van der Waals surface area (Å²) in [6, 6.07) is 17.0. The monoisotopic (exact) mass is 493 g/mol. The van der Waals surface area contributed by atoms with Crippen LogP contribution in [0.2, 0.25) is 5.02 Å². The maximum atomic E-state index is 13.1. The number of aliphatic hydroxyl groups excluding tert-OH is 1. The first-order valence-corrected chi connectivity index (χ1v) is 12.4. The van der Waals surface area contributed by atoms with Gasteiger partial charge in [-0.1, -0.05) is 41.9 Å². The molecule has 1 saturated carbocycles. The van der Waals surface area contributed by atoms with E-state index < -0.39 is 27.4 Å². The molecule has 0 aliphatic heterocycles. The highest BCUT2D eigenvalue weighted by Crippen LogP contribution is 2.55. The Hall–Kier alpha value is -2.43. The number of carbonyl (C=O) groups is 1. The maximum Gasteiger partial charge on any atom is 0.325 e. The summed E-state index contributed by atoms with van der Waals surface area (Å²) >= 11 is 6.96. The number of nitrogens with one attached hydrogen (secondary N) is 1. The molecule has 1 heterocycles. The van der Waals surface area contributed by atoms with Crippen molar-refractivity contribution in [2.45, 2.75) is 22.1 Å². The van der Waals surface area contributed by atoms with Gasteiger partial charge in [0.05, 0.1) is 6.61 Å². The molecular formula is C22H20ClNO6S2. The Labute approximate surface area is 194 Å². The molecule has 1 aliphatic carbocycles. The lowest BCUT2D eigenvalue weighted by Crippen LogP contribution is -2.44. The Morgan fingerprint density at radius 3 is 2.56 bits per heavy atom. The molecule has 0 amide bonds. The van der Waals surface area contributed by atoms with Gasteiger partial charge in [-0.2, -0.15) is 4.72 Å². The fraction of sp³-hybridized carbons (Fsp3) is 0.227. The zero-order valence-corrected chi connectivity index (χ0v) is 19.1. The number of para-hydroxylation sites is 1. The number of ether oxygens (including phenoxy) is 1. The number of thiophene rings is 1. The van der Waals surface area contributed by atoms with Gasteiger partial charge in [0.15, 0.2) is 0 Å². The van der Waals surface area contributed by atoms with Gasteiger partial charge in [-0.25, -0.2) is 8.42 Å². The summed E-state index contributed by atoms with van der Waals surface area (Å²) in [4.78, 5) is 12.9. The molecule has 1 aliphatic rings. The molecule has 32 heavy (non-hydrogen) atoms. The SMILES string of the molecule is O=C(O)C1(NS(=O)(=O)c2ccc(-c3ccc(Cl)cc3)s2)C[C@H]1c1ccccc1OCCO. The van der Waals surface area contributed by atoms with Crippen LogP contribution in [0.1, 0.15) is 17.9 Å². The summed E-state index contributed by atoms with van der Waals surface area (Å²) < 4.78 is 34.1. The van der Waals surface area contributed by atoms with E-state index in [1.165, 1.54) is 6.07 Å². The average molecular weight is 494 g/mol. The average Bonchev–Trinajstić information content (AvgIpc) is 3.25. The van der Waals surface area contributed by atoms with Gasteiger partial charge in [0.1, 0.15) is 22.1 Å². The lowest BCUT2D eigenvalue weighted by atomic mass is 10.1. The third kappa shape index (κ3) is 4.39. The van der Waals surface area contributed by atoms with Gasteiger partial charge in [-0.15, -0.1) is 11.3 Å². The van der Waals surface area contributed by atoms with Crippen molar-refractivity contribution in [2.24, 2.45) is 0 Å². The van der Waals surface area contributed by atoms with Crippen LogP contribution in [-0.4, -0.2) is 43.4 Å². The molecule has 0 bridgehead atoms. The lowest BCUT2D eigenvalue weighted by Gasteiger charge is -2.16. The zero-order valence-electron chi connectivity index (χ0n) is 16.7. The van der Waals surface area contributed by atoms with Crippen molar-refractivity contribution < 1.29 is 28.2 Å². The standard InChI is InChI=1S/C22H20ClNO6S2/c23-15-7-5-14(6-8-15)19-9-10-20(31-19)32(28,29)24-22(21(26)27)13-17(22)16-3-1-2-4-18(16)30-12-11-25/h1-10,17,24-25H,11-13H2,(H,26,27)/t17-,22?/m0/s1. The Morgan fingerprint density at radius 2 is 1.88 bits per heavy atom. The number of aliphatic carboxylic acids is 1. The van der Waals surface area contributed by atoms with Gasteiger partial charge in [0.25, 0.3) is 10.0 Å². The van der Waals surface area contributed by atoms with Crippen LogP contribution >= 0.6 is 22.9 Å². The second-order valence-electron chi connectivity index (χ2n) is 7.37. The molecule has 4 rings (SSSR count). The second-order valence-corrected chi connectivity index (χ2v) is 10.8. The Balaban J connectivity index is 1.60. The lowest BCUT2D eigenvalue weighted by molar-refractivity contribution is -0.140. The minimum atomic E-state index is -4.09. The molecule has 168 valence electrons. The van der Waals surface area contributed by atoms with Gasteiger partial charge in [0, 0.05) is 15.8 Å². The predicted molar refractivity (Wildman–Crippen MR) is 122 cm³/mol. The van der Waals surface area contributed by atoms with Crippen LogP contribution in [0, 0.1) is 0 Å². The van der Waals surface area contributed by atoms with Gasteiger partial charge >= 0.3 is 5.97 Å². The highest BCUT2D eigenvalue weighted by molar-refractivity contribution is 7.91. The third-order valence-corrected chi connectivity index (χ3v) is 8.67. The molecule has 3 N–H and O–H groups in total. The molecule has 2 aromatic carbocycles. The summed E-state index contributed by atoms with van der Waals surface area (Å²) in [7, 11) is -4.09. The predicted octanol–water partition coefficient (Wildman–Crippen LogP) is 3.73. The number of hydrogen-bond donors (Lipinski definition) is 3. The van der Waals surface area contributed by atoms with Gasteiger partial charge < -0.3 is 14.9 Å². The van der Waals surface area contributed by atoms with Crippen LogP contribution in [0.3, 0.4) is 0 Å². The molecule has 7 nitrogen and oxygen atoms in total. The quantitative estimate of drug-likeness (QED) is 0.418. The summed E-state index contributed by atoms with van der Waals surface area (Å²) in [5.41, 5.74) is -0.269. The highest BCUT2D eigenvalue weighted by atomic mass is 35.5. The van der Waals surface area contributed by atoms with Gasteiger partial charge in [0.2, 0.25) is 0 Å². The van der Waals surface area contributed by atoms with Gasteiger partial charge in [-0.3, -0.25) is 4.79 Å². The van der Waals surface area contributed by atoms with E-state index >= 15 is 0 Å². The van der Waals surface area contributed by atoms with Crippen LogP contribution in [0.5, 0.6) is 5.75 Å². The molecule has 0 saturated heterocycles. The van der Waals surface area contributed by atoms with E-state index in [4.69, 9.17) is 21.4 Å². The first kappa shape index (κ1) is 22.8. The minimum absolute atomic E-state index is 0.0264. The Kier molecular flexibility index (Phi) is 6.28. The molecule has 1 unspecified atom stereocenters. The van der Waals surface area contributed by atoms with E-state index in [9.17, 15) is 18.3 Å². The number of hydrogen-bond acceptors (Lipinski definition) is 6. The van der Waals surface area contributed by atoms with Crippen molar-refractivity contribution in [1.29, 1.82) is 0 Å². The van der Waals surface area contributed by atoms with Crippen LogP contribution < -0.4 is 9.46 Å². The minimum Gasteiger partial charge on any atom is -0.491 e. The Bertz CT molecular complexity index is 1240. The first-order chi connectivity index (χ1) is 15.3. The number of sulfonamides is 1. The van der Waals surface area contributed by atoms with Crippen LogP contribution in [0.25, 0.3) is 10.4 Å². The fourth-order valence-corrected chi connectivity index (χ4v) is 6.45. The summed E-state index contributed by atoms with van der Waals surface area (Å²) in [6.45, 7) is -0.137. The highest BCUT2D eigenvalue weighted by Gasteiger charge is 2.64. The van der Waals surface area contributed by atoms with Crippen molar-refractivity contribution in [3.8, 4) is 16.2 Å². The van der Waals surface area contributed by atoms with E-state index in [1.54, 1.807) is 54.6 Å². The zero-order chi connectivity index (χ0) is 22.9. The molecule has 0 radical (unpaired) electrons. The van der Waals surface area contributed by atoms with Crippen LogP contribution in [-0.2, 0) is 14.8 Å². The number of carboxylic acids is 1. The summed E-state index contributed by atoms with van der Waals surface area (Å²) in [5, 5.41) is 19.5. The molecule has 10 heteroatoms. The van der Waals surface area contributed by atoms with Crippen LogP contribution in [0.15, 0.2) is 64.9 Å². The number of rotatable bonds is 9. The molecule has 1 fully saturated rings. The van der Waals surface area contributed by atoms with Crippen molar-refractivity contribution in [1.82, 2.24) is 4.72 Å². The van der Waals surface area contributed by atoms with E-state index in [0.29, 0.717) is 16.3 Å². The fourth-order valence-electron chi connectivity index (χ4n) is 3.61. The number of aliphatic hydroxyl groups is 1. The van der Waals surface area contributed by atoms with E-state index in [-0.39, 0.29) is 23.8 Å². The molecule has 2 atom stereocenters. The molecule has 0 spiro atoms. The number of carboxylic acid groups (broad SMARTS) is 1. The number of benzene rings is 2. The van der Waals surface area contributed by atoms with E-state index in [0.717, 1.165) is 21.8 Å². The van der Waals surface area contributed by atoms with Crippen molar-refractivity contribution in [3.63, 3.8) is 0 Å². The Morgan fingerprint density at radius 1 is 1.16 bits per heavy atom. The first-order valence-electron chi connectivity index (χ1n) is 9.72. The normalized spacial score (nSPS) is 20.1. The summed E-state index contributed by atoms with van der Waals surface area (Å²) in [6.07, 6.45) is 0.0937. The maximum absolute atomic E-state index is 13.1. The smallest absolute Gasteiger partial charge is 0.325 e.